The molecular formula is C12H12F4O. The van der Waals surface area contributed by atoms with Gasteiger partial charge in [-0.2, -0.15) is 8.78 Å². The Kier molecular flexibility index (Phi) is 3.59. The molecule has 5 heteroatoms. The third-order valence-corrected chi connectivity index (χ3v) is 2.48. The van der Waals surface area contributed by atoms with Crippen molar-refractivity contribution in [2.45, 2.75) is 33.1 Å². The molecule has 0 saturated heterocycles. The minimum atomic E-state index is -4.63. The van der Waals surface area contributed by atoms with Gasteiger partial charge in [0.15, 0.2) is 0 Å². The lowest BCUT2D eigenvalue weighted by atomic mass is 9.94. The third kappa shape index (κ3) is 2.48. The number of Topliss-reactive ketones (excluding diaryl/α,β-unsaturated/α-hetero) is 1. The van der Waals surface area contributed by atoms with Crippen LogP contribution in [0.4, 0.5) is 17.6 Å². The zero-order valence-electron chi connectivity index (χ0n) is 9.65. The zero-order chi connectivity index (χ0) is 13.4. The zero-order valence-corrected chi connectivity index (χ0v) is 9.65. The minimum absolute atomic E-state index is 0.285. The molecule has 0 heterocycles. The number of alkyl halides is 4. The molecule has 0 N–H and O–H groups in total. The van der Waals surface area contributed by atoms with E-state index in [2.05, 4.69) is 0 Å². The van der Waals surface area contributed by atoms with E-state index in [4.69, 9.17) is 0 Å². The van der Waals surface area contributed by atoms with Gasteiger partial charge < -0.3 is 0 Å². The van der Waals surface area contributed by atoms with E-state index in [0.717, 1.165) is 5.56 Å². The van der Waals surface area contributed by atoms with E-state index >= 15 is 0 Å². The maximum Gasteiger partial charge on any atom is 0.368 e. The largest absolute Gasteiger partial charge is 0.368 e. The average molecular weight is 248 g/mol. The number of carbonyl (C=O) groups excluding carboxylic acids is 1. The Hall–Kier alpha value is -1.39. The highest BCUT2D eigenvalue weighted by Crippen LogP contribution is 2.30. The van der Waals surface area contributed by atoms with Gasteiger partial charge in [0.05, 0.1) is 0 Å². The lowest BCUT2D eigenvalue weighted by Crippen LogP contribution is -2.37. The third-order valence-electron chi connectivity index (χ3n) is 2.48. The van der Waals surface area contributed by atoms with Crippen molar-refractivity contribution < 1.29 is 22.4 Å². The monoisotopic (exact) mass is 248 g/mol. The molecule has 1 aromatic rings. The predicted molar refractivity (Wildman–Crippen MR) is 55.9 cm³/mol. The summed E-state index contributed by atoms with van der Waals surface area (Å²) in [6.45, 7) is 4.64. The molecule has 0 aliphatic heterocycles. The first-order chi connectivity index (χ1) is 7.67. The Morgan fingerprint density at radius 1 is 1.12 bits per heavy atom. The van der Waals surface area contributed by atoms with Crippen molar-refractivity contribution in [3.05, 3.63) is 34.4 Å². The van der Waals surface area contributed by atoms with Crippen LogP contribution in [0.25, 0.3) is 0 Å². The highest BCUT2D eigenvalue weighted by atomic mass is 19.3. The summed E-state index contributed by atoms with van der Waals surface area (Å²) in [5, 5.41) is 0. The molecule has 0 spiro atoms. The van der Waals surface area contributed by atoms with Crippen molar-refractivity contribution in [1.29, 1.82) is 0 Å². The summed E-state index contributed by atoms with van der Waals surface area (Å²) in [5.41, 5.74) is 1.04. The summed E-state index contributed by atoms with van der Waals surface area (Å²) in [4.78, 5) is 11.4. The van der Waals surface area contributed by atoms with Crippen molar-refractivity contribution in [2.24, 2.45) is 0 Å². The van der Waals surface area contributed by atoms with Crippen LogP contribution in [-0.2, 0) is 0 Å². The summed E-state index contributed by atoms with van der Waals surface area (Å²) in [6, 6.07) is 3.03. The van der Waals surface area contributed by atoms with Crippen LogP contribution in [0.5, 0.6) is 0 Å². The molecule has 0 aliphatic carbocycles. The average Bonchev–Trinajstić information content (AvgIpc) is 2.15. The fourth-order valence-corrected chi connectivity index (χ4v) is 1.80. The summed E-state index contributed by atoms with van der Waals surface area (Å²) < 4.78 is 50.2. The minimum Gasteiger partial charge on any atom is -0.287 e. The quantitative estimate of drug-likeness (QED) is 0.589. The Morgan fingerprint density at radius 2 is 1.53 bits per heavy atom. The Morgan fingerprint density at radius 3 is 1.88 bits per heavy atom. The first-order valence-electron chi connectivity index (χ1n) is 4.96. The van der Waals surface area contributed by atoms with Gasteiger partial charge in [0.2, 0.25) is 5.78 Å². The van der Waals surface area contributed by atoms with Gasteiger partial charge in [-0.1, -0.05) is 17.7 Å². The smallest absolute Gasteiger partial charge is 0.287 e. The predicted octanol–water partition coefficient (Wildman–Crippen LogP) is 3.69. The molecule has 1 rings (SSSR count). The second-order valence-electron chi connectivity index (χ2n) is 4.03. The molecule has 1 aromatic carbocycles. The van der Waals surface area contributed by atoms with Crippen molar-refractivity contribution in [3.63, 3.8) is 0 Å². The van der Waals surface area contributed by atoms with Gasteiger partial charge in [0.1, 0.15) is 0 Å². The Labute approximate surface area is 96.4 Å². The van der Waals surface area contributed by atoms with Crippen LogP contribution in [0.15, 0.2) is 12.1 Å². The van der Waals surface area contributed by atoms with Crippen LogP contribution in [0.1, 0.15) is 27.0 Å². The normalized spacial score (nSPS) is 12.0. The second kappa shape index (κ2) is 4.47. The van der Waals surface area contributed by atoms with Crippen LogP contribution >= 0.6 is 0 Å². The number of ketones is 1. The van der Waals surface area contributed by atoms with Gasteiger partial charge in [-0.05, 0) is 31.9 Å². The standard InChI is InChI=1S/C12H12F4O/c1-6-4-7(2)9(8(3)5-6)10(17)12(15,16)11(13)14/h4-5,11H,1-3H3. The van der Waals surface area contributed by atoms with Crippen molar-refractivity contribution in [1.82, 2.24) is 0 Å². The van der Waals surface area contributed by atoms with Gasteiger partial charge in [-0.25, -0.2) is 8.78 Å². The number of aryl methyl sites for hydroxylation is 3. The summed E-state index contributed by atoms with van der Waals surface area (Å²) >= 11 is 0. The number of rotatable bonds is 3. The van der Waals surface area contributed by atoms with E-state index in [0.29, 0.717) is 0 Å². The molecule has 0 saturated carbocycles. The van der Waals surface area contributed by atoms with Gasteiger partial charge in [0, 0.05) is 5.56 Å². The summed E-state index contributed by atoms with van der Waals surface area (Å²) in [6.07, 6.45) is -3.99. The molecule has 0 bridgehead atoms. The maximum absolute atomic E-state index is 13.0. The van der Waals surface area contributed by atoms with Crippen LogP contribution in [-0.4, -0.2) is 18.1 Å². The first-order valence-corrected chi connectivity index (χ1v) is 4.96. The Balaban J connectivity index is 3.31. The number of benzene rings is 1. The molecule has 1 nitrogen and oxygen atoms in total. The molecular weight excluding hydrogens is 236 g/mol. The SMILES string of the molecule is Cc1cc(C)c(C(=O)C(F)(F)C(F)F)c(C)c1. The number of hydrogen-bond donors (Lipinski definition) is 0. The summed E-state index contributed by atoms with van der Waals surface area (Å²) in [5.74, 6) is -6.45. The van der Waals surface area contributed by atoms with Crippen molar-refractivity contribution in [3.8, 4) is 0 Å². The Bertz CT molecular complexity index is 429. The van der Waals surface area contributed by atoms with Gasteiger partial charge in [-0.15, -0.1) is 0 Å². The number of halogens is 4. The van der Waals surface area contributed by atoms with E-state index in [1.165, 1.54) is 26.0 Å². The molecule has 0 amide bonds. The van der Waals surface area contributed by atoms with Crippen LogP contribution in [0.2, 0.25) is 0 Å². The van der Waals surface area contributed by atoms with Crippen molar-refractivity contribution in [2.75, 3.05) is 0 Å². The lowest BCUT2D eigenvalue weighted by Gasteiger charge is -2.17. The molecule has 0 atom stereocenters. The highest BCUT2D eigenvalue weighted by Gasteiger charge is 2.49. The molecule has 0 fully saturated rings. The van der Waals surface area contributed by atoms with E-state index in [1.807, 2.05) is 0 Å². The highest BCUT2D eigenvalue weighted by molar-refractivity contribution is 6.04. The van der Waals surface area contributed by atoms with E-state index in [-0.39, 0.29) is 16.7 Å². The first kappa shape index (κ1) is 13.7. The molecule has 17 heavy (non-hydrogen) atoms. The van der Waals surface area contributed by atoms with Gasteiger partial charge >= 0.3 is 12.3 Å². The number of hydrogen-bond acceptors (Lipinski definition) is 1. The molecule has 0 unspecified atom stereocenters. The van der Waals surface area contributed by atoms with Crippen molar-refractivity contribution >= 4 is 5.78 Å². The van der Waals surface area contributed by atoms with Gasteiger partial charge in [0.25, 0.3) is 0 Å². The van der Waals surface area contributed by atoms with E-state index < -0.39 is 18.1 Å². The molecule has 0 aliphatic rings. The lowest BCUT2D eigenvalue weighted by molar-refractivity contribution is -0.0958. The number of carbonyl (C=O) groups is 1. The van der Waals surface area contributed by atoms with Crippen LogP contribution in [0.3, 0.4) is 0 Å². The summed E-state index contributed by atoms with van der Waals surface area (Å²) in [7, 11) is 0. The van der Waals surface area contributed by atoms with Crippen LogP contribution in [0, 0.1) is 20.8 Å². The van der Waals surface area contributed by atoms with Gasteiger partial charge in [-0.3, -0.25) is 4.79 Å². The molecule has 0 aromatic heterocycles. The molecule has 94 valence electrons. The second-order valence-corrected chi connectivity index (χ2v) is 4.03. The molecule has 0 radical (unpaired) electrons. The van der Waals surface area contributed by atoms with Crippen LogP contribution < -0.4 is 0 Å². The fourth-order valence-electron chi connectivity index (χ4n) is 1.80. The van der Waals surface area contributed by atoms with E-state index in [9.17, 15) is 22.4 Å². The van der Waals surface area contributed by atoms with E-state index in [1.54, 1.807) is 6.92 Å². The topological polar surface area (TPSA) is 17.1 Å². The fraction of sp³-hybridized carbons (Fsp3) is 0.417. The maximum atomic E-state index is 13.0.